The van der Waals surface area contributed by atoms with Gasteiger partial charge in [-0.05, 0) is 88.1 Å². The van der Waals surface area contributed by atoms with Gasteiger partial charge >= 0.3 is 18.9 Å². The van der Waals surface area contributed by atoms with E-state index in [0.29, 0.717) is 0 Å². The fourth-order valence-corrected chi connectivity index (χ4v) is 10.0. The van der Waals surface area contributed by atoms with Gasteiger partial charge in [0.1, 0.15) is 0 Å². The summed E-state index contributed by atoms with van der Waals surface area (Å²) in [5.41, 5.74) is 13.5. The molecule has 0 heterocycles. The van der Waals surface area contributed by atoms with Gasteiger partial charge in [0.2, 0.25) is 0 Å². The van der Waals surface area contributed by atoms with Crippen LogP contribution in [0.1, 0.15) is 120 Å². The van der Waals surface area contributed by atoms with E-state index in [9.17, 15) is 0 Å². The van der Waals surface area contributed by atoms with Gasteiger partial charge in [0.05, 0.1) is 6.15 Å². The number of benzene rings is 6. The molecule has 0 aliphatic carbocycles. The smallest absolute Gasteiger partial charge is 0.192 e. The van der Waals surface area contributed by atoms with Crippen molar-refractivity contribution < 1.29 is 18.9 Å². The largest absolute Gasteiger partial charge is 1.00 e. The van der Waals surface area contributed by atoms with Gasteiger partial charge in [-0.2, -0.15) is 22.7 Å². The molecule has 0 aliphatic heterocycles. The van der Waals surface area contributed by atoms with E-state index in [0.717, 1.165) is 44.8 Å². The molecular weight excluding hydrogens is 618 g/mol. The summed E-state index contributed by atoms with van der Waals surface area (Å²) in [4.78, 5) is 0. The van der Waals surface area contributed by atoms with Crippen molar-refractivity contribution in [1.82, 2.24) is 0 Å². The molecule has 0 aromatic heterocycles. The monoisotopic (exact) mass is 681 g/mol. The van der Waals surface area contributed by atoms with Crippen molar-refractivity contribution in [2.45, 2.75) is 132 Å². The van der Waals surface area contributed by atoms with Crippen molar-refractivity contribution in [1.29, 1.82) is 0 Å². The van der Waals surface area contributed by atoms with Crippen LogP contribution in [0.15, 0.2) is 91.0 Å². The SMILES string of the molecule is CCCCCCCC[B-](c1ccc(CC)c2c(CC)cccc12)(c1ccc(CC)c2c(CC)cccc12)c1ccc(CC)c2c(CC)cccc12.[Li+]. The number of fused-ring (bicyclic) bond motifs is 3. The van der Waals surface area contributed by atoms with E-state index in [2.05, 4.69) is 139 Å². The van der Waals surface area contributed by atoms with E-state index >= 15 is 0 Å². The zero-order valence-corrected chi connectivity index (χ0v) is 33.9. The molecule has 6 aromatic rings. The first-order valence-corrected chi connectivity index (χ1v) is 20.8. The van der Waals surface area contributed by atoms with E-state index in [4.69, 9.17) is 0 Å². The van der Waals surface area contributed by atoms with E-state index in [1.165, 1.54) is 104 Å². The standard InChI is InChI=1S/C50H62B.Li/c1-8-15-16-17-18-19-35-51(45-32-29-39(12-5)48-36(9-2)23-20-26-42(45)48,46-33-30-40(13-6)49-37(10-3)24-21-27-43(46)49)47-34-31-41(14-7)50-38(11-4)25-22-28-44(47)50;/h20-34H,8-19,35H2,1-7H3;/q-1;+1. The summed E-state index contributed by atoms with van der Waals surface area (Å²) >= 11 is 0. The van der Waals surface area contributed by atoms with Crippen LogP contribution < -0.4 is 35.2 Å². The molecule has 266 valence electrons. The van der Waals surface area contributed by atoms with E-state index < -0.39 is 6.15 Å². The minimum absolute atomic E-state index is 0. The Labute approximate surface area is 328 Å². The molecule has 0 N–H and O–H groups in total. The van der Waals surface area contributed by atoms with Gasteiger partial charge in [-0.3, -0.25) is 0 Å². The van der Waals surface area contributed by atoms with Crippen molar-refractivity contribution >= 4 is 54.9 Å². The first kappa shape index (κ1) is 40.0. The Balaban J connectivity index is 0.00000523. The quantitative estimate of drug-likeness (QED) is 0.0706. The predicted octanol–water partition coefficient (Wildman–Crippen LogP) is 9.36. The minimum Gasteiger partial charge on any atom is -0.192 e. The van der Waals surface area contributed by atoms with Crippen molar-refractivity contribution in [3.63, 3.8) is 0 Å². The maximum atomic E-state index is 2.59. The average molecular weight is 681 g/mol. The molecule has 0 aliphatic rings. The van der Waals surface area contributed by atoms with Crippen LogP contribution in [0.25, 0.3) is 32.3 Å². The molecule has 0 spiro atoms. The van der Waals surface area contributed by atoms with Crippen LogP contribution in [0, 0.1) is 0 Å². The summed E-state index contributed by atoms with van der Waals surface area (Å²) in [5, 5.41) is 8.92. The summed E-state index contributed by atoms with van der Waals surface area (Å²) in [6.07, 6.45) is 13.8. The Kier molecular flexibility index (Phi) is 14.0. The molecule has 0 fully saturated rings. The topological polar surface area (TPSA) is 0 Å². The van der Waals surface area contributed by atoms with Gasteiger partial charge in [-0.1, -0.05) is 194 Å². The molecule has 0 bridgehead atoms. The summed E-state index contributed by atoms with van der Waals surface area (Å²) in [6.45, 7) is 16.3. The summed E-state index contributed by atoms with van der Waals surface area (Å²) < 4.78 is 0. The second-order valence-corrected chi connectivity index (χ2v) is 15.2. The fourth-order valence-electron chi connectivity index (χ4n) is 10.0. The predicted molar refractivity (Wildman–Crippen MR) is 231 cm³/mol. The minimum atomic E-state index is -1.40. The third-order valence-electron chi connectivity index (χ3n) is 12.6. The van der Waals surface area contributed by atoms with E-state index in [1.54, 1.807) is 16.4 Å². The molecule has 0 amide bonds. The number of rotatable bonds is 16. The van der Waals surface area contributed by atoms with Crippen LogP contribution in [-0.2, 0) is 38.5 Å². The van der Waals surface area contributed by atoms with E-state index in [1.807, 2.05) is 0 Å². The average Bonchev–Trinajstić information content (AvgIpc) is 3.19. The zero-order valence-electron chi connectivity index (χ0n) is 33.9. The van der Waals surface area contributed by atoms with Crippen LogP contribution in [0.2, 0.25) is 6.32 Å². The van der Waals surface area contributed by atoms with Crippen LogP contribution in [0.5, 0.6) is 0 Å². The molecule has 52 heavy (non-hydrogen) atoms. The van der Waals surface area contributed by atoms with Gasteiger partial charge < -0.3 is 0 Å². The number of aryl methyl sites for hydroxylation is 6. The molecule has 0 nitrogen and oxygen atoms in total. The molecule has 6 rings (SSSR count). The number of unbranched alkanes of at least 4 members (excludes halogenated alkanes) is 5. The fraction of sp³-hybridized carbons (Fsp3) is 0.400. The van der Waals surface area contributed by atoms with Gasteiger partial charge in [0.15, 0.2) is 0 Å². The maximum absolute atomic E-state index is 2.59. The van der Waals surface area contributed by atoms with Crippen molar-refractivity contribution in [2.75, 3.05) is 0 Å². The van der Waals surface area contributed by atoms with Gasteiger partial charge in [-0.15, -0.1) is 0 Å². The molecule has 2 heteroatoms. The first-order valence-electron chi connectivity index (χ1n) is 20.8. The molecule has 0 saturated heterocycles. The Morgan fingerprint density at radius 3 is 0.981 bits per heavy atom. The van der Waals surface area contributed by atoms with Crippen molar-refractivity contribution in [3.8, 4) is 0 Å². The van der Waals surface area contributed by atoms with Gasteiger partial charge in [0.25, 0.3) is 0 Å². The van der Waals surface area contributed by atoms with Crippen molar-refractivity contribution in [2.24, 2.45) is 0 Å². The van der Waals surface area contributed by atoms with Crippen LogP contribution >= 0.6 is 0 Å². The van der Waals surface area contributed by atoms with Crippen LogP contribution in [0.4, 0.5) is 0 Å². The molecular formula is C50H62BLi. The molecule has 0 radical (unpaired) electrons. The Morgan fingerprint density at radius 2 is 0.654 bits per heavy atom. The van der Waals surface area contributed by atoms with Crippen LogP contribution in [-0.4, -0.2) is 6.15 Å². The number of hydrogen-bond donors (Lipinski definition) is 0. The van der Waals surface area contributed by atoms with Crippen molar-refractivity contribution in [3.05, 3.63) is 124 Å². The van der Waals surface area contributed by atoms with Crippen LogP contribution in [0.3, 0.4) is 0 Å². The zero-order chi connectivity index (χ0) is 36.0. The molecule has 6 aromatic carbocycles. The Morgan fingerprint density at radius 1 is 0.346 bits per heavy atom. The Hall–Kier alpha value is -3.24. The van der Waals surface area contributed by atoms with Gasteiger partial charge in [0, 0.05) is 0 Å². The summed E-state index contributed by atoms with van der Waals surface area (Å²) in [6, 6.07) is 36.9. The first-order chi connectivity index (χ1) is 25.0. The van der Waals surface area contributed by atoms with Gasteiger partial charge in [-0.25, -0.2) is 0 Å². The summed E-state index contributed by atoms with van der Waals surface area (Å²) in [5.74, 6) is 0. The third kappa shape index (κ3) is 7.18. The molecule has 0 unspecified atom stereocenters. The maximum Gasteiger partial charge on any atom is 1.00 e. The molecule has 0 atom stereocenters. The second-order valence-electron chi connectivity index (χ2n) is 15.2. The number of hydrogen-bond acceptors (Lipinski definition) is 0. The third-order valence-corrected chi connectivity index (χ3v) is 12.6. The Bertz CT molecular complexity index is 1860. The summed E-state index contributed by atoms with van der Waals surface area (Å²) in [7, 11) is 0. The second kappa shape index (κ2) is 18.2. The normalized spacial score (nSPS) is 11.8. The molecule has 0 saturated carbocycles. The van der Waals surface area contributed by atoms with E-state index in [-0.39, 0.29) is 18.9 Å².